The Hall–Kier alpha value is -2.48. The molecule has 3 rings (SSSR count). The number of nitriles is 1. The van der Waals surface area contributed by atoms with Gasteiger partial charge in [0.25, 0.3) is 0 Å². The summed E-state index contributed by atoms with van der Waals surface area (Å²) in [7, 11) is 0. The Balaban J connectivity index is 2.03. The second-order valence-electron chi connectivity index (χ2n) is 4.90. The second kappa shape index (κ2) is 6.96. The van der Waals surface area contributed by atoms with Crippen LogP contribution in [0.15, 0.2) is 40.8 Å². The molecule has 2 aromatic carbocycles. The molecule has 0 aliphatic rings. The molecule has 0 aliphatic carbocycles. The number of aromatic nitrogens is 1. The van der Waals surface area contributed by atoms with Gasteiger partial charge >= 0.3 is 0 Å². The second-order valence-corrected chi connectivity index (χ2v) is 5.72. The lowest BCUT2D eigenvalue weighted by Crippen LogP contribution is -1.93. The van der Waals surface area contributed by atoms with Crippen molar-refractivity contribution in [2.24, 2.45) is 0 Å². The Morgan fingerprint density at radius 3 is 2.62 bits per heavy atom. The lowest BCUT2D eigenvalue weighted by molar-refractivity contribution is 0.340. The fourth-order valence-electron chi connectivity index (χ4n) is 2.24. The highest BCUT2D eigenvalue weighted by molar-refractivity contribution is 6.37. The number of allylic oxidation sites excluding steroid dienone is 1. The lowest BCUT2D eigenvalue weighted by Gasteiger charge is -2.08. The standard InChI is InChI=1S/C18H12Cl2N2O2/c1-2-23-17-13(19)8-11(9-14(17)20)7-12(10-21)18-22-15-5-3-4-6-16(15)24-18/h3-9H,2H2,1H3/b12-7+. The van der Waals surface area contributed by atoms with Gasteiger partial charge in [0.2, 0.25) is 5.89 Å². The summed E-state index contributed by atoms with van der Waals surface area (Å²) in [5.41, 5.74) is 2.25. The minimum absolute atomic E-state index is 0.250. The van der Waals surface area contributed by atoms with Gasteiger partial charge in [-0.05, 0) is 42.8 Å². The van der Waals surface area contributed by atoms with E-state index in [1.165, 1.54) is 0 Å². The number of oxazole rings is 1. The zero-order chi connectivity index (χ0) is 17.1. The average Bonchev–Trinajstić information content (AvgIpc) is 2.99. The Bertz CT molecular complexity index is 915. The predicted octanol–water partition coefficient (Wildman–Crippen LogP) is 5.60. The third-order valence-electron chi connectivity index (χ3n) is 3.27. The summed E-state index contributed by atoms with van der Waals surface area (Å²) in [5, 5.41) is 10.2. The SMILES string of the molecule is CCOc1c(Cl)cc(/C=C(\C#N)c2nc3ccccc3o2)cc1Cl. The summed E-state index contributed by atoms with van der Waals surface area (Å²) in [6.07, 6.45) is 1.62. The molecular formula is C18H12Cl2N2O2. The van der Waals surface area contributed by atoms with Gasteiger partial charge in [-0.1, -0.05) is 35.3 Å². The summed E-state index contributed by atoms with van der Waals surface area (Å²) in [6.45, 7) is 2.31. The minimum Gasteiger partial charge on any atom is -0.491 e. The van der Waals surface area contributed by atoms with Crippen LogP contribution >= 0.6 is 23.2 Å². The van der Waals surface area contributed by atoms with Crippen LogP contribution in [0.1, 0.15) is 18.4 Å². The molecule has 0 spiro atoms. The van der Waals surface area contributed by atoms with Crippen molar-refractivity contribution in [2.45, 2.75) is 6.92 Å². The quantitative estimate of drug-likeness (QED) is 0.569. The molecule has 24 heavy (non-hydrogen) atoms. The number of halogens is 2. The Labute approximate surface area is 148 Å². The molecule has 0 unspecified atom stereocenters. The highest BCUT2D eigenvalue weighted by atomic mass is 35.5. The summed E-state index contributed by atoms with van der Waals surface area (Å²) in [4.78, 5) is 4.32. The maximum absolute atomic E-state index is 9.43. The average molecular weight is 359 g/mol. The maximum Gasteiger partial charge on any atom is 0.238 e. The number of benzene rings is 2. The van der Waals surface area contributed by atoms with Gasteiger partial charge in [0, 0.05) is 0 Å². The van der Waals surface area contributed by atoms with Gasteiger partial charge < -0.3 is 9.15 Å². The number of nitrogens with zero attached hydrogens (tertiary/aromatic N) is 2. The number of hydrogen-bond acceptors (Lipinski definition) is 4. The molecule has 0 N–H and O–H groups in total. The number of hydrogen-bond donors (Lipinski definition) is 0. The van der Waals surface area contributed by atoms with Crippen molar-refractivity contribution >= 4 is 46.0 Å². The van der Waals surface area contributed by atoms with E-state index >= 15 is 0 Å². The van der Waals surface area contributed by atoms with Crippen molar-refractivity contribution in [3.63, 3.8) is 0 Å². The summed E-state index contributed by atoms with van der Waals surface area (Å²) in [6, 6.07) is 12.8. The first-order chi connectivity index (χ1) is 11.6. The van der Waals surface area contributed by atoms with Crippen LogP contribution in [0.3, 0.4) is 0 Å². The van der Waals surface area contributed by atoms with E-state index < -0.39 is 0 Å². The van der Waals surface area contributed by atoms with Crippen LogP contribution in [0, 0.1) is 11.3 Å². The van der Waals surface area contributed by atoms with Crippen LogP contribution in [0.2, 0.25) is 10.0 Å². The van der Waals surface area contributed by atoms with Crippen LogP contribution in [0.4, 0.5) is 0 Å². The van der Waals surface area contributed by atoms with E-state index in [1.807, 2.05) is 25.1 Å². The monoisotopic (exact) mass is 358 g/mol. The van der Waals surface area contributed by atoms with Crippen LogP contribution < -0.4 is 4.74 Å². The van der Waals surface area contributed by atoms with E-state index in [4.69, 9.17) is 32.4 Å². The van der Waals surface area contributed by atoms with Crippen LogP contribution in [0.5, 0.6) is 5.75 Å². The first-order valence-electron chi connectivity index (χ1n) is 7.22. The molecule has 0 bridgehead atoms. The molecule has 0 saturated heterocycles. The summed E-state index contributed by atoms with van der Waals surface area (Å²) < 4.78 is 11.0. The van der Waals surface area contributed by atoms with Gasteiger partial charge in [0.15, 0.2) is 11.3 Å². The zero-order valence-corrected chi connectivity index (χ0v) is 14.2. The molecule has 4 nitrogen and oxygen atoms in total. The van der Waals surface area contributed by atoms with E-state index in [0.29, 0.717) is 39.1 Å². The first-order valence-corrected chi connectivity index (χ1v) is 7.97. The van der Waals surface area contributed by atoms with Crippen molar-refractivity contribution in [2.75, 3.05) is 6.61 Å². The Kier molecular flexibility index (Phi) is 4.75. The highest BCUT2D eigenvalue weighted by Crippen LogP contribution is 2.35. The normalized spacial score (nSPS) is 11.5. The molecule has 1 aromatic heterocycles. The molecule has 3 aromatic rings. The zero-order valence-electron chi connectivity index (χ0n) is 12.7. The summed E-state index contributed by atoms with van der Waals surface area (Å²) in [5.74, 6) is 0.679. The fourth-order valence-corrected chi connectivity index (χ4v) is 2.85. The minimum atomic E-state index is 0.250. The molecule has 0 fully saturated rings. The third-order valence-corrected chi connectivity index (χ3v) is 3.83. The van der Waals surface area contributed by atoms with Gasteiger partial charge in [-0.2, -0.15) is 5.26 Å². The van der Waals surface area contributed by atoms with Gasteiger partial charge in [0.1, 0.15) is 17.2 Å². The van der Waals surface area contributed by atoms with Crippen LogP contribution in [-0.2, 0) is 0 Å². The van der Waals surface area contributed by atoms with Crippen molar-refractivity contribution < 1.29 is 9.15 Å². The van der Waals surface area contributed by atoms with Crippen molar-refractivity contribution in [1.29, 1.82) is 5.26 Å². The molecule has 0 amide bonds. The van der Waals surface area contributed by atoms with E-state index in [0.717, 1.165) is 0 Å². The van der Waals surface area contributed by atoms with E-state index in [1.54, 1.807) is 24.3 Å². The number of ether oxygens (including phenoxy) is 1. The molecule has 120 valence electrons. The predicted molar refractivity (Wildman–Crippen MR) is 95.1 cm³/mol. The van der Waals surface area contributed by atoms with E-state index in [2.05, 4.69) is 11.1 Å². The Morgan fingerprint density at radius 2 is 2.00 bits per heavy atom. The lowest BCUT2D eigenvalue weighted by atomic mass is 10.1. The first kappa shape index (κ1) is 16.4. The van der Waals surface area contributed by atoms with Crippen LogP contribution in [0.25, 0.3) is 22.7 Å². The highest BCUT2D eigenvalue weighted by Gasteiger charge is 2.13. The van der Waals surface area contributed by atoms with Crippen molar-refractivity contribution in [1.82, 2.24) is 4.98 Å². The molecular weight excluding hydrogens is 347 g/mol. The molecule has 6 heteroatoms. The smallest absolute Gasteiger partial charge is 0.238 e. The molecule has 1 heterocycles. The largest absolute Gasteiger partial charge is 0.491 e. The van der Waals surface area contributed by atoms with Crippen LogP contribution in [-0.4, -0.2) is 11.6 Å². The summed E-state index contributed by atoms with van der Waals surface area (Å²) >= 11 is 12.4. The Morgan fingerprint density at radius 1 is 1.29 bits per heavy atom. The van der Waals surface area contributed by atoms with Gasteiger partial charge in [-0.3, -0.25) is 0 Å². The molecule has 0 aliphatic heterocycles. The van der Waals surface area contributed by atoms with Gasteiger partial charge in [-0.25, -0.2) is 4.98 Å². The molecule has 0 radical (unpaired) electrons. The van der Waals surface area contributed by atoms with E-state index in [9.17, 15) is 5.26 Å². The number of fused-ring (bicyclic) bond motifs is 1. The molecule has 0 atom stereocenters. The van der Waals surface area contributed by atoms with Gasteiger partial charge in [-0.15, -0.1) is 0 Å². The topological polar surface area (TPSA) is 59.0 Å². The van der Waals surface area contributed by atoms with Crippen molar-refractivity contribution in [3.05, 3.63) is 57.9 Å². The number of rotatable bonds is 4. The van der Waals surface area contributed by atoms with Crippen molar-refractivity contribution in [3.8, 4) is 11.8 Å². The molecule has 0 saturated carbocycles. The van der Waals surface area contributed by atoms with E-state index in [-0.39, 0.29) is 11.5 Å². The third kappa shape index (κ3) is 3.23. The number of para-hydroxylation sites is 2. The maximum atomic E-state index is 9.43. The van der Waals surface area contributed by atoms with Gasteiger partial charge in [0.05, 0.1) is 16.7 Å². The fraction of sp³-hybridized carbons (Fsp3) is 0.111.